The monoisotopic (exact) mass is 293 g/mol. The second kappa shape index (κ2) is 6.58. The maximum absolute atomic E-state index is 12.1. The highest BCUT2D eigenvalue weighted by Crippen LogP contribution is 2.41. The Labute approximate surface area is 123 Å². The third-order valence-electron chi connectivity index (χ3n) is 3.74. The molecule has 21 heavy (non-hydrogen) atoms. The zero-order valence-corrected chi connectivity index (χ0v) is 12.1. The quantitative estimate of drug-likeness (QED) is 0.856. The Kier molecular flexibility index (Phi) is 4.80. The van der Waals surface area contributed by atoms with Crippen molar-refractivity contribution in [3.63, 3.8) is 0 Å². The largest absolute Gasteiger partial charge is 0.496 e. The van der Waals surface area contributed by atoms with Crippen LogP contribution in [0.5, 0.6) is 5.75 Å². The molecule has 0 spiro atoms. The molecule has 1 amide bonds. The molecular formula is C15H19NO5. The van der Waals surface area contributed by atoms with Crippen LogP contribution in [0.15, 0.2) is 24.3 Å². The van der Waals surface area contributed by atoms with E-state index in [1.807, 2.05) is 12.1 Å². The van der Waals surface area contributed by atoms with Crippen LogP contribution >= 0.6 is 0 Å². The van der Waals surface area contributed by atoms with Crippen LogP contribution in [0.4, 0.5) is 0 Å². The van der Waals surface area contributed by atoms with Crippen molar-refractivity contribution in [3.8, 4) is 5.75 Å². The number of hydrogen-bond acceptors (Lipinski definition) is 4. The molecule has 6 nitrogen and oxygen atoms in total. The van der Waals surface area contributed by atoms with Gasteiger partial charge in [0.1, 0.15) is 5.75 Å². The molecule has 1 aromatic rings. The number of amides is 1. The summed E-state index contributed by atoms with van der Waals surface area (Å²) in [6.07, 6.45) is 0.00175. The number of hydrogen-bond donors (Lipinski definition) is 1. The summed E-state index contributed by atoms with van der Waals surface area (Å²) in [5.74, 6) is -1.33. The second-order valence-corrected chi connectivity index (χ2v) is 4.92. The lowest BCUT2D eigenvalue weighted by atomic mass is 9.93. The Bertz CT molecular complexity index is 531. The fourth-order valence-electron chi connectivity index (χ4n) is 2.76. The van der Waals surface area contributed by atoms with Crippen LogP contribution in [0.1, 0.15) is 18.0 Å². The van der Waals surface area contributed by atoms with Crippen molar-refractivity contribution >= 4 is 11.9 Å². The number of ether oxygens (including phenoxy) is 2. The molecule has 1 aliphatic heterocycles. The molecule has 0 aromatic heterocycles. The van der Waals surface area contributed by atoms with E-state index in [-0.39, 0.29) is 12.3 Å². The van der Waals surface area contributed by atoms with E-state index in [1.54, 1.807) is 24.1 Å². The predicted octanol–water partition coefficient (Wildman–Crippen LogP) is 1.32. The summed E-state index contributed by atoms with van der Waals surface area (Å²) in [4.78, 5) is 25.2. The molecule has 1 heterocycles. The average Bonchev–Trinajstić information content (AvgIpc) is 2.82. The molecule has 1 aromatic carbocycles. The smallest absolute Gasteiger partial charge is 0.309 e. The lowest BCUT2D eigenvalue weighted by Gasteiger charge is -2.28. The Morgan fingerprint density at radius 2 is 2.10 bits per heavy atom. The van der Waals surface area contributed by atoms with Crippen molar-refractivity contribution in [2.75, 3.05) is 27.4 Å². The average molecular weight is 293 g/mol. The fourth-order valence-corrected chi connectivity index (χ4v) is 2.76. The molecule has 6 heteroatoms. The Morgan fingerprint density at radius 1 is 1.38 bits per heavy atom. The predicted molar refractivity (Wildman–Crippen MR) is 75.1 cm³/mol. The SMILES string of the molecule is COCCN1C(=O)C[C@H](C(=O)O)[C@H]1c1ccccc1OC. The van der Waals surface area contributed by atoms with Gasteiger partial charge in [-0.15, -0.1) is 0 Å². The Balaban J connectivity index is 2.41. The molecular weight excluding hydrogens is 274 g/mol. The molecule has 0 unspecified atom stereocenters. The minimum atomic E-state index is -0.973. The molecule has 2 rings (SSSR count). The van der Waals surface area contributed by atoms with Crippen molar-refractivity contribution in [2.24, 2.45) is 5.92 Å². The number of carboxylic acids is 1. The standard InChI is InChI=1S/C15H19NO5/c1-20-8-7-16-13(17)9-11(15(18)19)14(16)10-5-3-4-6-12(10)21-2/h3-6,11,14H,7-9H2,1-2H3,(H,18,19)/t11-,14+/m0/s1. The number of carbonyl (C=O) groups excluding carboxylic acids is 1. The number of nitrogens with zero attached hydrogens (tertiary/aromatic N) is 1. The van der Waals surface area contributed by atoms with E-state index in [9.17, 15) is 14.7 Å². The number of rotatable bonds is 6. The van der Waals surface area contributed by atoms with Gasteiger partial charge in [0.05, 0.1) is 25.7 Å². The maximum Gasteiger partial charge on any atom is 0.309 e. The third-order valence-corrected chi connectivity index (χ3v) is 3.74. The lowest BCUT2D eigenvalue weighted by molar-refractivity contribution is -0.142. The van der Waals surface area contributed by atoms with Crippen molar-refractivity contribution in [2.45, 2.75) is 12.5 Å². The van der Waals surface area contributed by atoms with Gasteiger partial charge >= 0.3 is 5.97 Å². The Hall–Kier alpha value is -2.08. The van der Waals surface area contributed by atoms with Gasteiger partial charge in [-0.05, 0) is 6.07 Å². The summed E-state index contributed by atoms with van der Waals surface area (Å²) in [7, 11) is 3.08. The number of aliphatic carboxylic acids is 1. The molecule has 1 fully saturated rings. The lowest BCUT2D eigenvalue weighted by Crippen LogP contribution is -2.33. The first-order valence-electron chi connectivity index (χ1n) is 6.74. The van der Waals surface area contributed by atoms with Crippen molar-refractivity contribution in [3.05, 3.63) is 29.8 Å². The number of carbonyl (C=O) groups is 2. The van der Waals surface area contributed by atoms with Gasteiger partial charge < -0.3 is 19.5 Å². The topological polar surface area (TPSA) is 76.1 Å². The minimum Gasteiger partial charge on any atom is -0.496 e. The fraction of sp³-hybridized carbons (Fsp3) is 0.467. The van der Waals surface area contributed by atoms with Gasteiger partial charge in [0, 0.05) is 25.6 Å². The van der Waals surface area contributed by atoms with E-state index in [0.717, 1.165) is 0 Å². The number of likely N-dealkylation sites (tertiary alicyclic amines) is 1. The maximum atomic E-state index is 12.1. The van der Waals surface area contributed by atoms with Crippen LogP contribution in [-0.4, -0.2) is 49.3 Å². The van der Waals surface area contributed by atoms with Gasteiger partial charge in [-0.2, -0.15) is 0 Å². The van der Waals surface area contributed by atoms with E-state index >= 15 is 0 Å². The highest BCUT2D eigenvalue weighted by molar-refractivity contribution is 5.87. The van der Waals surface area contributed by atoms with Crippen LogP contribution in [0, 0.1) is 5.92 Å². The first-order valence-corrected chi connectivity index (χ1v) is 6.74. The second-order valence-electron chi connectivity index (χ2n) is 4.92. The summed E-state index contributed by atoms with van der Waals surface area (Å²) < 4.78 is 10.3. The van der Waals surface area contributed by atoms with Crippen LogP contribution in [0.3, 0.4) is 0 Å². The van der Waals surface area contributed by atoms with Crippen LogP contribution in [0.2, 0.25) is 0 Å². The van der Waals surface area contributed by atoms with Crippen molar-refractivity contribution < 1.29 is 24.2 Å². The number of methoxy groups -OCH3 is 2. The van der Waals surface area contributed by atoms with E-state index < -0.39 is 17.9 Å². The molecule has 0 aliphatic carbocycles. The van der Waals surface area contributed by atoms with E-state index in [2.05, 4.69) is 0 Å². The first kappa shape index (κ1) is 15.3. The van der Waals surface area contributed by atoms with Gasteiger partial charge in [-0.1, -0.05) is 18.2 Å². The Morgan fingerprint density at radius 3 is 2.71 bits per heavy atom. The van der Waals surface area contributed by atoms with E-state index in [0.29, 0.717) is 24.5 Å². The zero-order valence-electron chi connectivity index (χ0n) is 12.1. The molecule has 1 saturated heterocycles. The minimum absolute atomic E-state index is 0.00175. The summed E-state index contributed by atoms with van der Waals surface area (Å²) in [5, 5.41) is 9.42. The highest BCUT2D eigenvalue weighted by atomic mass is 16.5. The van der Waals surface area contributed by atoms with Crippen LogP contribution < -0.4 is 4.74 Å². The van der Waals surface area contributed by atoms with Crippen LogP contribution in [0.25, 0.3) is 0 Å². The molecule has 1 aliphatic rings. The van der Waals surface area contributed by atoms with Crippen LogP contribution in [-0.2, 0) is 14.3 Å². The number of carboxylic acid groups (broad SMARTS) is 1. The first-order chi connectivity index (χ1) is 10.1. The molecule has 1 N–H and O–H groups in total. The third kappa shape index (κ3) is 3.00. The summed E-state index contributed by atoms with van der Waals surface area (Å²) >= 11 is 0. The van der Waals surface area contributed by atoms with Crippen molar-refractivity contribution in [1.29, 1.82) is 0 Å². The summed E-state index contributed by atoms with van der Waals surface area (Å²) in [6, 6.07) is 6.67. The van der Waals surface area contributed by atoms with Gasteiger partial charge in [0.2, 0.25) is 5.91 Å². The van der Waals surface area contributed by atoms with Gasteiger partial charge in [0.25, 0.3) is 0 Å². The van der Waals surface area contributed by atoms with Gasteiger partial charge in [-0.25, -0.2) is 0 Å². The number of benzene rings is 1. The summed E-state index contributed by atoms with van der Waals surface area (Å²) in [6.45, 7) is 0.728. The molecule has 0 radical (unpaired) electrons. The van der Waals surface area contributed by atoms with E-state index in [1.165, 1.54) is 7.11 Å². The summed E-state index contributed by atoms with van der Waals surface area (Å²) in [5.41, 5.74) is 0.717. The van der Waals surface area contributed by atoms with Gasteiger partial charge in [-0.3, -0.25) is 9.59 Å². The normalized spacial score (nSPS) is 21.6. The molecule has 2 atom stereocenters. The number of para-hydroxylation sites is 1. The zero-order chi connectivity index (χ0) is 15.4. The molecule has 0 saturated carbocycles. The highest BCUT2D eigenvalue weighted by Gasteiger charge is 2.45. The molecule has 0 bridgehead atoms. The van der Waals surface area contributed by atoms with E-state index in [4.69, 9.17) is 9.47 Å². The molecule has 114 valence electrons. The van der Waals surface area contributed by atoms with Crippen molar-refractivity contribution in [1.82, 2.24) is 4.90 Å². The van der Waals surface area contributed by atoms with Gasteiger partial charge in [0.15, 0.2) is 0 Å².